The zero-order valence-electron chi connectivity index (χ0n) is 10.9. The molecule has 1 unspecified atom stereocenters. The molecule has 0 spiro atoms. The van der Waals surface area contributed by atoms with Crippen LogP contribution in [0.15, 0.2) is 36.4 Å². The van der Waals surface area contributed by atoms with E-state index >= 15 is 0 Å². The van der Waals surface area contributed by atoms with Gasteiger partial charge in [0.2, 0.25) is 0 Å². The number of rotatable bonds is 3. The maximum absolute atomic E-state index is 5.98. The predicted molar refractivity (Wildman–Crippen MR) is 73.2 cm³/mol. The van der Waals surface area contributed by atoms with Crippen molar-refractivity contribution >= 4 is 0 Å². The highest BCUT2D eigenvalue weighted by Crippen LogP contribution is 2.63. The van der Waals surface area contributed by atoms with Crippen molar-refractivity contribution in [1.82, 2.24) is 10.2 Å². The Morgan fingerprint density at radius 3 is 2.50 bits per heavy atom. The predicted octanol–water partition coefficient (Wildman–Crippen LogP) is 2.70. The number of aromatic amines is 1. The largest absolute Gasteiger partial charge is 0.330 e. The molecule has 2 aromatic rings. The maximum Gasteiger partial charge on any atom is 0.0923 e. The Morgan fingerprint density at radius 1 is 1.28 bits per heavy atom. The van der Waals surface area contributed by atoms with Crippen LogP contribution in [0.2, 0.25) is 0 Å². The molecule has 94 valence electrons. The number of nitrogens with two attached hydrogens (primary N) is 1. The van der Waals surface area contributed by atoms with Crippen LogP contribution < -0.4 is 5.73 Å². The van der Waals surface area contributed by atoms with Crippen molar-refractivity contribution < 1.29 is 0 Å². The van der Waals surface area contributed by atoms with E-state index in [1.165, 1.54) is 5.69 Å². The molecule has 3 N–H and O–H groups in total. The smallest absolute Gasteiger partial charge is 0.0923 e. The van der Waals surface area contributed by atoms with Gasteiger partial charge < -0.3 is 5.73 Å². The monoisotopic (exact) mass is 241 g/mol. The molecule has 1 saturated carbocycles. The van der Waals surface area contributed by atoms with Gasteiger partial charge in [-0.25, -0.2) is 0 Å². The third kappa shape index (κ3) is 1.51. The van der Waals surface area contributed by atoms with Gasteiger partial charge in [-0.1, -0.05) is 44.2 Å². The number of H-pyrrole nitrogens is 1. The van der Waals surface area contributed by atoms with Crippen LogP contribution in [0, 0.1) is 5.41 Å². The van der Waals surface area contributed by atoms with Crippen molar-refractivity contribution in [2.24, 2.45) is 11.1 Å². The van der Waals surface area contributed by atoms with Gasteiger partial charge in [0.05, 0.1) is 5.69 Å². The summed E-state index contributed by atoms with van der Waals surface area (Å²) in [6.45, 7) is 5.21. The van der Waals surface area contributed by atoms with Crippen LogP contribution in [0.5, 0.6) is 0 Å². The lowest BCUT2D eigenvalue weighted by Gasteiger charge is -2.15. The minimum Gasteiger partial charge on any atom is -0.330 e. The molecule has 3 heteroatoms. The van der Waals surface area contributed by atoms with Gasteiger partial charge in [-0.15, -0.1) is 0 Å². The Bertz CT molecular complexity index is 556. The number of nitrogens with zero attached hydrogens (tertiary/aromatic N) is 1. The number of hydrogen-bond acceptors (Lipinski definition) is 2. The Morgan fingerprint density at radius 2 is 1.94 bits per heavy atom. The Hall–Kier alpha value is -1.61. The molecule has 1 aromatic heterocycles. The van der Waals surface area contributed by atoms with Crippen LogP contribution in [0.3, 0.4) is 0 Å². The fraction of sp³-hybridized carbons (Fsp3) is 0.400. The first-order valence-electron chi connectivity index (χ1n) is 6.40. The topological polar surface area (TPSA) is 54.7 Å². The molecule has 1 aliphatic carbocycles. The summed E-state index contributed by atoms with van der Waals surface area (Å²) in [7, 11) is 0. The molecule has 18 heavy (non-hydrogen) atoms. The summed E-state index contributed by atoms with van der Waals surface area (Å²) in [5.74, 6) is 0. The SMILES string of the molecule is CC1(C)CC1(CN)c1cc(-c2ccccc2)n[nH]1. The van der Waals surface area contributed by atoms with Crippen molar-refractivity contribution in [2.75, 3.05) is 6.54 Å². The van der Waals surface area contributed by atoms with Crippen molar-refractivity contribution in [3.8, 4) is 11.3 Å². The zero-order valence-corrected chi connectivity index (χ0v) is 10.9. The van der Waals surface area contributed by atoms with E-state index in [-0.39, 0.29) is 10.8 Å². The fourth-order valence-corrected chi connectivity index (χ4v) is 2.95. The Labute approximate surface area is 107 Å². The number of benzene rings is 1. The third-order valence-corrected chi connectivity index (χ3v) is 4.43. The second kappa shape index (κ2) is 3.69. The molecular formula is C15H19N3. The van der Waals surface area contributed by atoms with E-state index in [2.05, 4.69) is 42.2 Å². The number of hydrogen-bond donors (Lipinski definition) is 2. The summed E-state index contributed by atoms with van der Waals surface area (Å²) in [5, 5.41) is 7.61. The van der Waals surface area contributed by atoms with E-state index in [0.717, 1.165) is 17.7 Å². The van der Waals surface area contributed by atoms with Gasteiger partial charge in [0.15, 0.2) is 0 Å². The van der Waals surface area contributed by atoms with Crippen LogP contribution in [-0.4, -0.2) is 16.7 Å². The van der Waals surface area contributed by atoms with E-state index < -0.39 is 0 Å². The van der Waals surface area contributed by atoms with Crippen LogP contribution in [0.1, 0.15) is 26.0 Å². The van der Waals surface area contributed by atoms with Gasteiger partial charge >= 0.3 is 0 Å². The van der Waals surface area contributed by atoms with E-state index in [1.807, 2.05) is 18.2 Å². The molecule has 1 heterocycles. The first-order valence-corrected chi connectivity index (χ1v) is 6.40. The van der Waals surface area contributed by atoms with E-state index in [4.69, 9.17) is 5.73 Å². The molecule has 1 fully saturated rings. The standard InChI is InChI=1S/C15H19N3/c1-14(2)9-15(14,10-16)13-8-12(17-18-13)11-6-4-3-5-7-11/h3-8H,9-10,16H2,1-2H3,(H,17,18). The molecule has 3 nitrogen and oxygen atoms in total. The highest BCUT2D eigenvalue weighted by atomic mass is 15.1. The average Bonchev–Trinajstić information content (AvgIpc) is 2.78. The summed E-state index contributed by atoms with van der Waals surface area (Å²) in [5.41, 5.74) is 9.67. The molecule has 0 amide bonds. The van der Waals surface area contributed by atoms with Crippen LogP contribution >= 0.6 is 0 Å². The highest BCUT2D eigenvalue weighted by Gasteiger charge is 2.62. The van der Waals surface area contributed by atoms with Crippen LogP contribution in [0.4, 0.5) is 0 Å². The van der Waals surface area contributed by atoms with Crippen molar-refractivity contribution in [1.29, 1.82) is 0 Å². The molecule has 0 aliphatic heterocycles. The van der Waals surface area contributed by atoms with Gasteiger partial charge in [-0.2, -0.15) is 5.10 Å². The number of aromatic nitrogens is 2. The molecule has 0 radical (unpaired) electrons. The maximum atomic E-state index is 5.98. The molecule has 0 bridgehead atoms. The van der Waals surface area contributed by atoms with Crippen LogP contribution in [-0.2, 0) is 5.41 Å². The van der Waals surface area contributed by atoms with Gasteiger partial charge in [0.25, 0.3) is 0 Å². The minimum atomic E-state index is 0.0903. The first kappa shape index (κ1) is 11.5. The molecule has 1 aromatic carbocycles. The fourth-order valence-electron chi connectivity index (χ4n) is 2.95. The highest BCUT2D eigenvalue weighted by molar-refractivity contribution is 5.60. The van der Waals surface area contributed by atoms with Crippen molar-refractivity contribution in [3.63, 3.8) is 0 Å². The summed E-state index contributed by atoms with van der Waals surface area (Å²) >= 11 is 0. The molecule has 3 rings (SSSR count). The zero-order chi connectivity index (χ0) is 12.8. The first-order chi connectivity index (χ1) is 8.59. The third-order valence-electron chi connectivity index (χ3n) is 4.43. The lowest BCUT2D eigenvalue weighted by molar-refractivity contribution is 0.492. The van der Waals surface area contributed by atoms with Crippen molar-refractivity contribution in [2.45, 2.75) is 25.7 Å². The minimum absolute atomic E-state index is 0.0903. The molecular weight excluding hydrogens is 222 g/mol. The second-order valence-corrected chi connectivity index (χ2v) is 5.88. The Kier molecular flexibility index (Phi) is 2.35. The average molecular weight is 241 g/mol. The summed E-state index contributed by atoms with van der Waals surface area (Å²) < 4.78 is 0. The van der Waals surface area contributed by atoms with Gasteiger partial charge in [0, 0.05) is 23.2 Å². The lowest BCUT2D eigenvalue weighted by atomic mass is 9.92. The van der Waals surface area contributed by atoms with E-state index in [1.54, 1.807) is 0 Å². The van der Waals surface area contributed by atoms with Crippen molar-refractivity contribution in [3.05, 3.63) is 42.1 Å². The van der Waals surface area contributed by atoms with Gasteiger partial charge in [-0.05, 0) is 17.9 Å². The normalized spacial score (nSPS) is 25.1. The summed E-state index contributed by atoms with van der Waals surface area (Å²) in [6, 6.07) is 12.4. The summed E-state index contributed by atoms with van der Waals surface area (Å²) in [6.07, 6.45) is 1.13. The van der Waals surface area contributed by atoms with Gasteiger partial charge in [-0.3, -0.25) is 5.10 Å². The Balaban J connectivity index is 1.96. The number of nitrogens with one attached hydrogen (secondary N) is 1. The quantitative estimate of drug-likeness (QED) is 0.868. The molecule has 0 saturated heterocycles. The van der Waals surface area contributed by atoms with E-state index in [0.29, 0.717) is 6.54 Å². The van der Waals surface area contributed by atoms with Crippen LogP contribution in [0.25, 0.3) is 11.3 Å². The molecule has 1 atom stereocenters. The second-order valence-electron chi connectivity index (χ2n) is 5.88. The van der Waals surface area contributed by atoms with E-state index in [9.17, 15) is 0 Å². The molecule has 1 aliphatic rings. The summed E-state index contributed by atoms with van der Waals surface area (Å²) in [4.78, 5) is 0. The lowest BCUT2D eigenvalue weighted by Crippen LogP contribution is -2.25. The van der Waals surface area contributed by atoms with Gasteiger partial charge in [0.1, 0.15) is 0 Å².